The summed E-state index contributed by atoms with van der Waals surface area (Å²) in [4.78, 5) is 0. The highest BCUT2D eigenvalue weighted by Gasteiger charge is 2.18. The summed E-state index contributed by atoms with van der Waals surface area (Å²) in [5.74, 6) is 1.07. The molecule has 2 heteroatoms. The van der Waals surface area contributed by atoms with Crippen molar-refractivity contribution in [3.63, 3.8) is 0 Å². The topological polar surface area (TPSA) is 21.3 Å². The number of rotatable bonds is 3. The molecule has 0 fully saturated rings. The number of aryl methyl sites for hydroxylation is 1. The summed E-state index contributed by atoms with van der Waals surface area (Å²) in [6.07, 6.45) is 1.02. The SMILES string of the molecule is CNCc1ccc(C)cc1-c1cccc2c1OCC2. The average Bonchev–Trinajstić information content (AvgIpc) is 2.89. The van der Waals surface area contributed by atoms with Crippen LogP contribution in [0, 0.1) is 6.92 Å². The molecule has 0 unspecified atom stereocenters. The second-order valence-corrected chi connectivity index (χ2v) is 5.08. The molecule has 0 atom stereocenters. The van der Waals surface area contributed by atoms with Crippen molar-refractivity contribution in [2.45, 2.75) is 19.9 Å². The first kappa shape index (κ1) is 12.2. The van der Waals surface area contributed by atoms with Crippen LogP contribution in [0.4, 0.5) is 0 Å². The molecule has 0 aliphatic carbocycles. The van der Waals surface area contributed by atoms with Gasteiger partial charge in [0.1, 0.15) is 5.75 Å². The Kier molecular flexibility index (Phi) is 3.26. The molecule has 98 valence electrons. The minimum absolute atomic E-state index is 0.805. The lowest BCUT2D eigenvalue weighted by atomic mass is 9.95. The monoisotopic (exact) mass is 253 g/mol. The lowest BCUT2D eigenvalue weighted by Gasteiger charge is -2.14. The summed E-state index contributed by atoms with van der Waals surface area (Å²) in [6.45, 7) is 3.81. The van der Waals surface area contributed by atoms with Gasteiger partial charge in [0.15, 0.2) is 0 Å². The Bertz CT molecular complexity index is 604. The Hall–Kier alpha value is -1.80. The molecular formula is C17H19NO. The highest BCUT2D eigenvalue weighted by atomic mass is 16.5. The van der Waals surface area contributed by atoms with Crippen LogP contribution in [-0.2, 0) is 13.0 Å². The average molecular weight is 253 g/mol. The van der Waals surface area contributed by atoms with Crippen molar-refractivity contribution in [2.24, 2.45) is 0 Å². The van der Waals surface area contributed by atoms with Crippen LogP contribution in [-0.4, -0.2) is 13.7 Å². The Balaban J connectivity index is 2.16. The maximum atomic E-state index is 5.84. The number of ether oxygens (including phenoxy) is 1. The number of hydrogen-bond acceptors (Lipinski definition) is 2. The van der Waals surface area contributed by atoms with Gasteiger partial charge in [0.2, 0.25) is 0 Å². The fourth-order valence-electron chi connectivity index (χ4n) is 2.71. The van der Waals surface area contributed by atoms with E-state index in [0.717, 1.165) is 25.3 Å². The molecule has 0 saturated heterocycles. The van der Waals surface area contributed by atoms with Gasteiger partial charge in [-0.15, -0.1) is 0 Å². The van der Waals surface area contributed by atoms with Gasteiger partial charge >= 0.3 is 0 Å². The zero-order chi connectivity index (χ0) is 13.2. The quantitative estimate of drug-likeness (QED) is 0.906. The molecule has 0 radical (unpaired) electrons. The second-order valence-electron chi connectivity index (χ2n) is 5.08. The van der Waals surface area contributed by atoms with E-state index in [9.17, 15) is 0 Å². The van der Waals surface area contributed by atoms with Crippen molar-refractivity contribution in [3.8, 4) is 16.9 Å². The maximum Gasteiger partial charge on any atom is 0.130 e. The van der Waals surface area contributed by atoms with Gasteiger partial charge in [0.25, 0.3) is 0 Å². The summed E-state index contributed by atoms with van der Waals surface area (Å²) in [6, 6.07) is 13.1. The highest BCUT2D eigenvalue weighted by Crippen LogP contribution is 2.38. The summed E-state index contributed by atoms with van der Waals surface area (Å²) in [7, 11) is 1.98. The van der Waals surface area contributed by atoms with Gasteiger partial charge in [0.05, 0.1) is 6.61 Å². The fourth-order valence-corrected chi connectivity index (χ4v) is 2.71. The van der Waals surface area contributed by atoms with E-state index < -0.39 is 0 Å². The first-order chi connectivity index (χ1) is 9.29. The molecule has 19 heavy (non-hydrogen) atoms. The minimum Gasteiger partial charge on any atom is -0.492 e. The summed E-state index contributed by atoms with van der Waals surface area (Å²) < 4.78 is 5.84. The Morgan fingerprint density at radius 3 is 2.89 bits per heavy atom. The molecule has 0 saturated carbocycles. The van der Waals surface area contributed by atoms with E-state index in [4.69, 9.17) is 4.74 Å². The molecule has 1 aliphatic heterocycles. The summed E-state index contributed by atoms with van der Waals surface area (Å²) in [5.41, 5.74) is 6.44. The van der Waals surface area contributed by atoms with E-state index in [1.54, 1.807) is 0 Å². The Labute approximate surface area is 114 Å². The number of para-hydroxylation sites is 1. The maximum absolute atomic E-state index is 5.84. The number of nitrogens with one attached hydrogen (secondary N) is 1. The van der Waals surface area contributed by atoms with E-state index in [1.165, 1.54) is 27.8 Å². The molecule has 0 aromatic heterocycles. The van der Waals surface area contributed by atoms with E-state index in [2.05, 4.69) is 48.6 Å². The number of fused-ring (bicyclic) bond motifs is 1. The van der Waals surface area contributed by atoms with E-state index in [0.29, 0.717) is 0 Å². The van der Waals surface area contributed by atoms with Gasteiger partial charge in [-0.3, -0.25) is 0 Å². The predicted octanol–water partition coefficient (Wildman–Crippen LogP) is 3.32. The van der Waals surface area contributed by atoms with Crippen LogP contribution in [0.5, 0.6) is 5.75 Å². The molecule has 2 aromatic carbocycles. The molecule has 2 aromatic rings. The molecule has 0 spiro atoms. The largest absolute Gasteiger partial charge is 0.492 e. The van der Waals surface area contributed by atoms with Gasteiger partial charge in [-0.25, -0.2) is 0 Å². The molecular weight excluding hydrogens is 234 g/mol. The Morgan fingerprint density at radius 1 is 1.16 bits per heavy atom. The van der Waals surface area contributed by atoms with Gasteiger partial charge in [-0.05, 0) is 30.7 Å². The van der Waals surface area contributed by atoms with Crippen LogP contribution in [0.1, 0.15) is 16.7 Å². The van der Waals surface area contributed by atoms with Crippen LogP contribution in [0.15, 0.2) is 36.4 Å². The zero-order valence-electron chi connectivity index (χ0n) is 11.5. The predicted molar refractivity (Wildman–Crippen MR) is 78.6 cm³/mol. The highest BCUT2D eigenvalue weighted by molar-refractivity contribution is 5.76. The van der Waals surface area contributed by atoms with E-state index in [-0.39, 0.29) is 0 Å². The molecule has 3 rings (SSSR count). The second kappa shape index (κ2) is 5.06. The van der Waals surface area contributed by atoms with Crippen molar-refractivity contribution in [1.82, 2.24) is 5.32 Å². The molecule has 1 N–H and O–H groups in total. The van der Waals surface area contributed by atoms with E-state index in [1.807, 2.05) is 7.05 Å². The van der Waals surface area contributed by atoms with Crippen molar-refractivity contribution in [1.29, 1.82) is 0 Å². The van der Waals surface area contributed by atoms with Crippen molar-refractivity contribution in [2.75, 3.05) is 13.7 Å². The Morgan fingerprint density at radius 2 is 2.05 bits per heavy atom. The minimum atomic E-state index is 0.805. The third-order valence-corrected chi connectivity index (χ3v) is 3.64. The third kappa shape index (κ3) is 2.24. The van der Waals surface area contributed by atoms with Gasteiger partial charge in [0, 0.05) is 18.5 Å². The number of hydrogen-bond donors (Lipinski definition) is 1. The third-order valence-electron chi connectivity index (χ3n) is 3.64. The van der Waals surface area contributed by atoms with Gasteiger partial charge in [-0.2, -0.15) is 0 Å². The van der Waals surface area contributed by atoms with Crippen molar-refractivity contribution in [3.05, 3.63) is 53.1 Å². The van der Waals surface area contributed by atoms with Gasteiger partial charge < -0.3 is 10.1 Å². The number of benzene rings is 2. The molecule has 2 nitrogen and oxygen atoms in total. The van der Waals surface area contributed by atoms with Crippen LogP contribution in [0.2, 0.25) is 0 Å². The first-order valence-corrected chi connectivity index (χ1v) is 6.79. The molecule has 1 aliphatic rings. The first-order valence-electron chi connectivity index (χ1n) is 6.79. The normalized spacial score (nSPS) is 13.2. The van der Waals surface area contributed by atoms with Crippen LogP contribution in [0.25, 0.3) is 11.1 Å². The summed E-state index contributed by atoms with van der Waals surface area (Å²) >= 11 is 0. The van der Waals surface area contributed by atoms with Crippen molar-refractivity contribution < 1.29 is 4.74 Å². The standard InChI is InChI=1S/C17H19NO/c1-12-6-7-14(11-18-2)16(10-12)15-5-3-4-13-8-9-19-17(13)15/h3-7,10,18H,8-9,11H2,1-2H3. The summed E-state index contributed by atoms with van der Waals surface area (Å²) in [5, 5.41) is 3.24. The lowest BCUT2D eigenvalue weighted by molar-refractivity contribution is 0.358. The molecule has 0 amide bonds. The van der Waals surface area contributed by atoms with Crippen LogP contribution >= 0.6 is 0 Å². The molecule has 1 heterocycles. The zero-order valence-corrected chi connectivity index (χ0v) is 11.5. The van der Waals surface area contributed by atoms with Crippen LogP contribution < -0.4 is 10.1 Å². The van der Waals surface area contributed by atoms with Crippen molar-refractivity contribution >= 4 is 0 Å². The lowest BCUT2D eigenvalue weighted by Crippen LogP contribution is -2.06. The smallest absolute Gasteiger partial charge is 0.130 e. The fraction of sp³-hybridized carbons (Fsp3) is 0.294. The molecule has 0 bridgehead atoms. The van der Waals surface area contributed by atoms with Gasteiger partial charge in [-0.1, -0.05) is 42.0 Å². The van der Waals surface area contributed by atoms with Crippen LogP contribution in [0.3, 0.4) is 0 Å². The van der Waals surface area contributed by atoms with E-state index >= 15 is 0 Å².